The fourth-order valence-corrected chi connectivity index (χ4v) is 1.99. The Morgan fingerprint density at radius 1 is 0.950 bits per heavy atom. The number of benzene rings is 2. The van der Waals surface area contributed by atoms with Crippen molar-refractivity contribution in [1.29, 1.82) is 0 Å². The molecule has 0 aliphatic heterocycles. The molecular formula is C16H16FNO2. The van der Waals surface area contributed by atoms with Gasteiger partial charge in [-0.25, -0.2) is 9.18 Å². The highest BCUT2D eigenvalue weighted by Crippen LogP contribution is 2.14. The van der Waals surface area contributed by atoms with Gasteiger partial charge in [-0.3, -0.25) is 0 Å². The molecule has 2 aromatic carbocycles. The summed E-state index contributed by atoms with van der Waals surface area (Å²) in [6.45, 7) is 0. The Morgan fingerprint density at radius 2 is 1.45 bits per heavy atom. The Labute approximate surface area is 117 Å². The summed E-state index contributed by atoms with van der Waals surface area (Å²) in [6, 6.07) is 13.8. The standard InChI is InChI=1S/C16H16FNO2/c17-14-8-4-12(5-9-14)2-1-3-13-6-10-15(11-7-13)20-16(18)19/h4-11H,1-3H2,(H2,18,19). The van der Waals surface area contributed by atoms with Gasteiger partial charge in [-0.2, -0.15) is 0 Å². The van der Waals surface area contributed by atoms with Crippen LogP contribution in [0.3, 0.4) is 0 Å². The van der Waals surface area contributed by atoms with Crippen LogP contribution in [0.15, 0.2) is 48.5 Å². The van der Waals surface area contributed by atoms with Crippen LogP contribution in [-0.4, -0.2) is 6.09 Å². The zero-order valence-electron chi connectivity index (χ0n) is 11.0. The SMILES string of the molecule is NC(=O)Oc1ccc(CCCc2ccc(F)cc2)cc1. The van der Waals surface area contributed by atoms with Gasteiger partial charge in [0, 0.05) is 0 Å². The van der Waals surface area contributed by atoms with Crippen molar-refractivity contribution < 1.29 is 13.9 Å². The summed E-state index contributed by atoms with van der Waals surface area (Å²) >= 11 is 0. The van der Waals surface area contributed by atoms with Crippen molar-refractivity contribution in [3.63, 3.8) is 0 Å². The zero-order chi connectivity index (χ0) is 14.4. The van der Waals surface area contributed by atoms with E-state index in [1.54, 1.807) is 24.3 Å². The van der Waals surface area contributed by atoms with E-state index in [0.717, 1.165) is 30.4 Å². The Balaban J connectivity index is 1.82. The maximum atomic E-state index is 12.8. The minimum Gasteiger partial charge on any atom is -0.411 e. The van der Waals surface area contributed by atoms with E-state index in [0.29, 0.717) is 5.75 Å². The van der Waals surface area contributed by atoms with Gasteiger partial charge >= 0.3 is 6.09 Å². The Hall–Kier alpha value is -2.36. The van der Waals surface area contributed by atoms with Crippen LogP contribution < -0.4 is 10.5 Å². The van der Waals surface area contributed by atoms with Crippen LogP contribution in [0.4, 0.5) is 9.18 Å². The lowest BCUT2D eigenvalue weighted by Gasteiger charge is -2.04. The molecule has 0 saturated heterocycles. The number of hydrogen-bond donors (Lipinski definition) is 1. The summed E-state index contributed by atoms with van der Waals surface area (Å²) in [5, 5.41) is 0. The van der Waals surface area contributed by atoms with Crippen molar-refractivity contribution in [3.05, 3.63) is 65.5 Å². The van der Waals surface area contributed by atoms with Gasteiger partial charge in [0.1, 0.15) is 11.6 Å². The highest BCUT2D eigenvalue weighted by molar-refractivity contribution is 5.67. The van der Waals surface area contributed by atoms with Gasteiger partial charge < -0.3 is 10.5 Å². The molecule has 0 bridgehead atoms. The van der Waals surface area contributed by atoms with E-state index < -0.39 is 6.09 Å². The van der Waals surface area contributed by atoms with E-state index >= 15 is 0 Å². The van der Waals surface area contributed by atoms with Gasteiger partial charge in [0.05, 0.1) is 0 Å². The summed E-state index contributed by atoms with van der Waals surface area (Å²) in [6.07, 6.45) is 1.98. The molecule has 104 valence electrons. The minimum atomic E-state index is -0.811. The normalized spacial score (nSPS) is 10.2. The van der Waals surface area contributed by atoms with E-state index in [1.165, 1.54) is 12.1 Å². The van der Waals surface area contributed by atoms with Gasteiger partial charge in [0.2, 0.25) is 0 Å². The second kappa shape index (κ2) is 6.70. The van der Waals surface area contributed by atoms with Crippen LogP contribution in [0.2, 0.25) is 0 Å². The average Bonchev–Trinajstić information content (AvgIpc) is 2.42. The van der Waals surface area contributed by atoms with Crippen LogP contribution >= 0.6 is 0 Å². The molecule has 0 aromatic heterocycles. The highest BCUT2D eigenvalue weighted by Gasteiger charge is 2.00. The second-order valence-corrected chi connectivity index (χ2v) is 4.55. The number of halogens is 1. The summed E-state index contributed by atoms with van der Waals surface area (Å²) < 4.78 is 17.5. The number of aryl methyl sites for hydroxylation is 2. The molecule has 0 unspecified atom stereocenters. The lowest BCUT2D eigenvalue weighted by atomic mass is 10.0. The maximum Gasteiger partial charge on any atom is 0.409 e. The molecule has 0 atom stereocenters. The first-order valence-electron chi connectivity index (χ1n) is 6.44. The van der Waals surface area contributed by atoms with Crippen molar-refractivity contribution in [2.24, 2.45) is 5.73 Å². The van der Waals surface area contributed by atoms with E-state index in [9.17, 15) is 9.18 Å². The van der Waals surface area contributed by atoms with Crippen molar-refractivity contribution in [3.8, 4) is 5.75 Å². The summed E-state index contributed by atoms with van der Waals surface area (Å²) in [7, 11) is 0. The quantitative estimate of drug-likeness (QED) is 0.907. The number of carbonyl (C=O) groups excluding carboxylic acids is 1. The van der Waals surface area contributed by atoms with Crippen LogP contribution in [-0.2, 0) is 12.8 Å². The number of rotatable bonds is 5. The largest absolute Gasteiger partial charge is 0.411 e. The molecule has 2 aromatic rings. The van der Waals surface area contributed by atoms with Crippen molar-refractivity contribution >= 4 is 6.09 Å². The van der Waals surface area contributed by atoms with Crippen LogP contribution in [0.1, 0.15) is 17.5 Å². The molecule has 1 amide bonds. The molecule has 2 N–H and O–H groups in total. The zero-order valence-corrected chi connectivity index (χ0v) is 11.0. The van der Waals surface area contributed by atoms with Gasteiger partial charge in [-0.05, 0) is 54.7 Å². The fourth-order valence-electron chi connectivity index (χ4n) is 1.99. The van der Waals surface area contributed by atoms with Gasteiger partial charge in [0.25, 0.3) is 0 Å². The van der Waals surface area contributed by atoms with Crippen LogP contribution in [0.5, 0.6) is 5.75 Å². The molecule has 0 aliphatic carbocycles. The Kier molecular flexibility index (Phi) is 4.71. The lowest BCUT2D eigenvalue weighted by molar-refractivity contribution is 0.211. The monoisotopic (exact) mass is 273 g/mol. The molecule has 0 spiro atoms. The first kappa shape index (κ1) is 14.1. The molecule has 0 fully saturated rings. The van der Waals surface area contributed by atoms with Gasteiger partial charge in [0.15, 0.2) is 0 Å². The second-order valence-electron chi connectivity index (χ2n) is 4.55. The van der Waals surface area contributed by atoms with Gasteiger partial charge in [-0.1, -0.05) is 24.3 Å². The number of carbonyl (C=O) groups is 1. The third-order valence-electron chi connectivity index (χ3n) is 2.99. The fraction of sp³-hybridized carbons (Fsp3) is 0.188. The van der Waals surface area contributed by atoms with Crippen molar-refractivity contribution in [2.75, 3.05) is 0 Å². The first-order chi connectivity index (χ1) is 9.63. The molecule has 0 aliphatic rings. The molecule has 2 rings (SSSR count). The smallest absolute Gasteiger partial charge is 0.409 e. The molecular weight excluding hydrogens is 257 g/mol. The third kappa shape index (κ3) is 4.39. The molecule has 4 heteroatoms. The number of primary amides is 1. The predicted octanol–water partition coefficient (Wildman–Crippen LogP) is 3.46. The number of hydrogen-bond acceptors (Lipinski definition) is 2. The summed E-state index contributed by atoms with van der Waals surface area (Å²) in [5.41, 5.74) is 7.21. The number of amides is 1. The lowest BCUT2D eigenvalue weighted by Crippen LogP contribution is -2.16. The highest BCUT2D eigenvalue weighted by atomic mass is 19.1. The molecule has 0 saturated carbocycles. The van der Waals surface area contributed by atoms with E-state index in [1.807, 2.05) is 12.1 Å². The topological polar surface area (TPSA) is 52.3 Å². The Morgan fingerprint density at radius 3 is 1.95 bits per heavy atom. The van der Waals surface area contributed by atoms with E-state index in [-0.39, 0.29) is 5.82 Å². The van der Waals surface area contributed by atoms with E-state index in [4.69, 9.17) is 10.5 Å². The van der Waals surface area contributed by atoms with Crippen molar-refractivity contribution in [2.45, 2.75) is 19.3 Å². The van der Waals surface area contributed by atoms with Crippen molar-refractivity contribution in [1.82, 2.24) is 0 Å². The summed E-state index contributed by atoms with van der Waals surface area (Å²) in [4.78, 5) is 10.6. The van der Waals surface area contributed by atoms with Gasteiger partial charge in [-0.15, -0.1) is 0 Å². The molecule has 0 heterocycles. The first-order valence-corrected chi connectivity index (χ1v) is 6.44. The average molecular weight is 273 g/mol. The minimum absolute atomic E-state index is 0.209. The predicted molar refractivity (Wildman–Crippen MR) is 75.1 cm³/mol. The van der Waals surface area contributed by atoms with E-state index in [2.05, 4.69) is 0 Å². The number of ether oxygens (including phenoxy) is 1. The third-order valence-corrected chi connectivity index (χ3v) is 2.99. The maximum absolute atomic E-state index is 12.8. The summed E-state index contributed by atoms with van der Waals surface area (Å²) in [5.74, 6) is 0.235. The molecule has 0 radical (unpaired) electrons. The molecule has 3 nitrogen and oxygen atoms in total. The van der Waals surface area contributed by atoms with Crippen LogP contribution in [0.25, 0.3) is 0 Å². The Bertz CT molecular complexity index is 564. The molecule has 20 heavy (non-hydrogen) atoms. The van der Waals surface area contributed by atoms with Crippen LogP contribution in [0, 0.1) is 5.82 Å². The number of nitrogens with two attached hydrogens (primary N) is 1.